The number of benzene rings is 1. The molecule has 0 saturated carbocycles. The molecule has 0 radical (unpaired) electrons. The van der Waals surface area contributed by atoms with Crippen molar-refractivity contribution in [1.82, 2.24) is 20.4 Å². The second-order valence-electron chi connectivity index (χ2n) is 4.59. The van der Waals surface area contributed by atoms with Crippen molar-refractivity contribution in [3.8, 4) is 11.4 Å². The molecule has 3 rings (SSSR count). The van der Waals surface area contributed by atoms with Gasteiger partial charge in [-0.05, 0) is 24.3 Å². The normalized spacial score (nSPS) is 11.1. The van der Waals surface area contributed by atoms with E-state index in [4.69, 9.17) is 9.26 Å². The van der Waals surface area contributed by atoms with Gasteiger partial charge in [-0.3, -0.25) is 4.98 Å². The quantitative estimate of drug-likeness (QED) is 0.698. The Balaban J connectivity index is 1.75. The Kier molecular flexibility index (Phi) is 4.18. The van der Waals surface area contributed by atoms with Crippen LogP contribution >= 0.6 is 0 Å². The number of hydrogen-bond acceptors (Lipinski definition) is 6. The summed E-state index contributed by atoms with van der Waals surface area (Å²) in [5.74, 6) is 1.15. The van der Waals surface area contributed by atoms with Crippen molar-refractivity contribution >= 4 is 10.9 Å². The average Bonchev–Trinajstić information content (AvgIpc) is 3.00. The smallest absolute Gasteiger partial charge is 0.240 e. The number of nitrogens with zero attached hydrogens (tertiary/aromatic N) is 3. The van der Waals surface area contributed by atoms with Gasteiger partial charge in [-0.25, -0.2) is 0 Å². The van der Waals surface area contributed by atoms with E-state index >= 15 is 0 Å². The van der Waals surface area contributed by atoms with Gasteiger partial charge in [0.05, 0.1) is 18.7 Å². The molecule has 0 fully saturated rings. The highest BCUT2D eigenvalue weighted by molar-refractivity contribution is 5.82. The van der Waals surface area contributed by atoms with Gasteiger partial charge in [-0.2, -0.15) is 4.98 Å². The Hall–Kier alpha value is -2.31. The standard InChI is InChI=1S/C15H16N4O2/c1-20-8-7-16-10-14-18-15(19-21-14)12-4-5-13-11(9-12)3-2-6-17-13/h2-6,9,16H,7-8,10H2,1H3. The van der Waals surface area contributed by atoms with Crippen LogP contribution < -0.4 is 5.32 Å². The van der Waals surface area contributed by atoms with Crippen LogP contribution in [-0.4, -0.2) is 35.4 Å². The molecule has 0 spiro atoms. The number of rotatable bonds is 6. The first-order valence-electron chi connectivity index (χ1n) is 6.74. The Labute approximate surface area is 122 Å². The Morgan fingerprint density at radius 2 is 2.24 bits per heavy atom. The summed E-state index contributed by atoms with van der Waals surface area (Å²) in [6.07, 6.45) is 1.78. The number of fused-ring (bicyclic) bond motifs is 1. The molecule has 1 N–H and O–H groups in total. The van der Waals surface area contributed by atoms with Crippen LogP contribution in [0.1, 0.15) is 5.89 Å². The highest BCUT2D eigenvalue weighted by atomic mass is 16.5. The van der Waals surface area contributed by atoms with Crippen LogP contribution in [0.2, 0.25) is 0 Å². The predicted octanol–water partition coefficient (Wildman–Crippen LogP) is 2.02. The van der Waals surface area contributed by atoms with E-state index in [0.29, 0.717) is 24.9 Å². The first kappa shape index (κ1) is 13.7. The fourth-order valence-electron chi connectivity index (χ4n) is 2.03. The van der Waals surface area contributed by atoms with Crippen molar-refractivity contribution in [2.75, 3.05) is 20.3 Å². The second-order valence-corrected chi connectivity index (χ2v) is 4.59. The molecule has 21 heavy (non-hydrogen) atoms. The van der Waals surface area contributed by atoms with Crippen LogP contribution in [0, 0.1) is 0 Å². The molecule has 0 aliphatic heterocycles. The fraction of sp³-hybridized carbons (Fsp3) is 0.267. The summed E-state index contributed by atoms with van der Waals surface area (Å²) in [4.78, 5) is 8.68. The lowest BCUT2D eigenvalue weighted by molar-refractivity contribution is 0.197. The van der Waals surface area contributed by atoms with Gasteiger partial charge in [0.1, 0.15) is 0 Å². The van der Waals surface area contributed by atoms with Crippen LogP contribution in [-0.2, 0) is 11.3 Å². The molecule has 0 bridgehead atoms. The van der Waals surface area contributed by atoms with Gasteiger partial charge < -0.3 is 14.6 Å². The minimum Gasteiger partial charge on any atom is -0.383 e. The minimum absolute atomic E-state index is 0.533. The van der Waals surface area contributed by atoms with Crippen molar-refractivity contribution in [3.05, 3.63) is 42.4 Å². The zero-order valence-electron chi connectivity index (χ0n) is 11.7. The fourth-order valence-corrected chi connectivity index (χ4v) is 2.03. The monoisotopic (exact) mass is 284 g/mol. The molecular weight excluding hydrogens is 268 g/mol. The lowest BCUT2D eigenvalue weighted by Gasteiger charge is -1.99. The first-order valence-corrected chi connectivity index (χ1v) is 6.74. The molecule has 1 aromatic carbocycles. The van der Waals surface area contributed by atoms with Crippen LogP contribution in [0.3, 0.4) is 0 Å². The molecular formula is C15H16N4O2. The number of ether oxygens (including phenoxy) is 1. The molecule has 6 nitrogen and oxygen atoms in total. The maximum Gasteiger partial charge on any atom is 0.240 e. The molecule has 108 valence electrons. The highest BCUT2D eigenvalue weighted by Crippen LogP contribution is 2.21. The van der Waals surface area contributed by atoms with Crippen molar-refractivity contribution in [3.63, 3.8) is 0 Å². The molecule has 0 amide bonds. The highest BCUT2D eigenvalue weighted by Gasteiger charge is 2.09. The molecule has 0 aliphatic rings. The molecule has 6 heteroatoms. The van der Waals surface area contributed by atoms with Crippen LogP contribution in [0.15, 0.2) is 41.1 Å². The van der Waals surface area contributed by atoms with Gasteiger partial charge in [0, 0.05) is 30.8 Å². The number of pyridine rings is 1. The molecule has 0 aliphatic carbocycles. The summed E-state index contributed by atoms with van der Waals surface area (Å²) in [5, 5.41) is 8.24. The second kappa shape index (κ2) is 6.43. The third-order valence-corrected chi connectivity index (χ3v) is 3.09. The van der Waals surface area contributed by atoms with E-state index in [1.165, 1.54) is 0 Å². The van der Waals surface area contributed by atoms with Gasteiger partial charge in [-0.15, -0.1) is 0 Å². The maximum atomic E-state index is 5.23. The minimum atomic E-state index is 0.533. The van der Waals surface area contributed by atoms with Gasteiger partial charge in [0.15, 0.2) is 0 Å². The van der Waals surface area contributed by atoms with E-state index in [2.05, 4.69) is 20.4 Å². The largest absolute Gasteiger partial charge is 0.383 e. The summed E-state index contributed by atoms with van der Waals surface area (Å²) >= 11 is 0. The maximum absolute atomic E-state index is 5.23. The molecule has 3 aromatic rings. The summed E-state index contributed by atoms with van der Waals surface area (Å²) in [6.45, 7) is 1.93. The lowest BCUT2D eigenvalue weighted by atomic mass is 10.1. The Morgan fingerprint density at radius 1 is 1.29 bits per heavy atom. The van der Waals surface area contributed by atoms with Crippen molar-refractivity contribution in [1.29, 1.82) is 0 Å². The van der Waals surface area contributed by atoms with E-state index in [9.17, 15) is 0 Å². The van der Waals surface area contributed by atoms with Gasteiger partial charge in [0.2, 0.25) is 11.7 Å². The van der Waals surface area contributed by atoms with E-state index in [0.717, 1.165) is 23.0 Å². The third kappa shape index (κ3) is 3.24. The summed E-state index contributed by atoms with van der Waals surface area (Å²) in [7, 11) is 1.67. The van der Waals surface area contributed by atoms with Gasteiger partial charge >= 0.3 is 0 Å². The SMILES string of the molecule is COCCNCc1nc(-c2ccc3ncccc3c2)no1. The summed E-state index contributed by atoms with van der Waals surface area (Å²) in [6, 6.07) is 9.84. The van der Waals surface area contributed by atoms with Crippen LogP contribution in [0.4, 0.5) is 0 Å². The van der Waals surface area contributed by atoms with Crippen LogP contribution in [0.5, 0.6) is 0 Å². The number of hydrogen-bond donors (Lipinski definition) is 1. The van der Waals surface area contributed by atoms with Crippen molar-refractivity contribution < 1.29 is 9.26 Å². The zero-order chi connectivity index (χ0) is 14.5. The average molecular weight is 284 g/mol. The predicted molar refractivity (Wildman–Crippen MR) is 78.6 cm³/mol. The third-order valence-electron chi connectivity index (χ3n) is 3.09. The van der Waals surface area contributed by atoms with E-state index in [1.807, 2.05) is 30.3 Å². The molecule has 2 aromatic heterocycles. The zero-order valence-corrected chi connectivity index (χ0v) is 11.7. The van der Waals surface area contributed by atoms with Crippen molar-refractivity contribution in [2.24, 2.45) is 0 Å². The van der Waals surface area contributed by atoms with Gasteiger partial charge in [-0.1, -0.05) is 11.2 Å². The molecule has 2 heterocycles. The summed E-state index contributed by atoms with van der Waals surface area (Å²) in [5.41, 5.74) is 1.87. The van der Waals surface area contributed by atoms with Crippen LogP contribution in [0.25, 0.3) is 22.3 Å². The molecule has 0 saturated heterocycles. The number of nitrogens with one attached hydrogen (secondary N) is 1. The van der Waals surface area contributed by atoms with E-state index in [1.54, 1.807) is 13.3 Å². The molecule has 0 atom stereocenters. The lowest BCUT2D eigenvalue weighted by Crippen LogP contribution is -2.18. The van der Waals surface area contributed by atoms with E-state index < -0.39 is 0 Å². The van der Waals surface area contributed by atoms with E-state index in [-0.39, 0.29) is 0 Å². The Bertz CT molecular complexity index is 726. The summed E-state index contributed by atoms with van der Waals surface area (Å²) < 4.78 is 10.2. The topological polar surface area (TPSA) is 73.1 Å². The Morgan fingerprint density at radius 3 is 3.14 bits per heavy atom. The first-order chi connectivity index (χ1) is 10.4. The van der Waals surface area contributed by atoms with Gasteiger partial charge in [0.25, 0.3) is 0 Å². The number of methoxy groups -OCH3 is 1. The number of aromatic nitrogens is 3. The van der Waals surface area contributed by atoms with Crippen molar-refractivity contribution in [2.45, 2.75) is 6.54 Å². The molecule has 0 unspecified atom stereocenters.